The van der Waals surface area contributed by atoms with Gasteiger partial charge in [-0.1, -0.05) is 34.1 Å². The summed E-state index contributed by atoms with van der Waals surface area (Å²) in [6.07, 6.45) is 1.25. The lowest BCUT2D eigenvalue weighted by Gasteiger charge is -2.09. The third-order valence-electron chi connectivity index (χ3n) is 2.26. The van der Waals surface area contributed by atoms with Crippen molar-refractivity contribution in [2.45, 2.75) is 34.1 Å². The summed E-state index contributed by atoms with van der Waals surface area (Å²) in [5.74, 6) is -3.29. The summed E-state index contributed by atoms with van der Waals surface area (Å²) in [4.78, 5) is 33.5. The van der Waals surface area contributed by atoms with Crippen LogP contribution in [0.25, 0.3) is 0 Å². The van der Waals surface area contributed by atoms with E-state index < -0.39 is 17.9 Å². The molecule has 1 aromatic carbocycles. The van der Waals surface area contributed by atoms with E-state index in [0.717, 1.165) is 12.1 Å². The zero-order valence-electron chi connectivity index (χ0n) is 13.3. The van der Waals surface area contributed by atoms with Crippen molar-refractivity contribution in [2.24, 2.45) is 5.92 Å². The van der Waals surface area contributed by atoms with E-state index in [0.29, 0.717) is 0 Å². The van der Waals surface area contributed by atoms with Crippen molar-refractivity contribution in [1.82, 2.24) is 0 Å². The van der Waals surface area contributed by atoms with E-state index in [1.54, 1.807) is 0 Å². The first kappa shape index (κ1) is 19.6. The van der Waals surface area contributed by atoms with E-state index in [1.165, 1.54) is 12.5 Å². The molecule has 0 radical (unpaired) electrons. The van der Waals surface area contributed by atoms with Gasteiger partial charge in [-0.25, -0.2) is 14.4 Å². The van der Waals surface area contributed by atoms with E-state index in [4.69, 9.17) is 14.9 Å². The van der Waals surface area contributed by atoms with Gasteiger partial charge in [-0.15, -0.1) is 0 Å². The minimum atomic E-state index is -1.38. The first-order valence-electron chi connectivity index (χ1n) is 7.02. The van der Waals surface area contributed by atoms with Crippen molar-refractivity contribution in [2.75, 3.05) is 6.61 Å². The van der Waals surface area contributed by atoms with Crippen LogP contribution in [0, 0.1) is 5.92 Å². The second kappa shape index (κ2) is 9.55. The highest BCUT2D eigenvalue weighted by Crippen LogP contribution is 2.14. The highest BCUT2D eigenvalue weighted by molar-refractivity contribution is 6.04. The lowest BCUT2D eigenvalue weighted by Crippen LogP contribution is -2.15. The molecule has 0 fully saturated rings. The van der Waals surface area contributed by atoms with E-state index >= 15 is 0 Å². The molecule has 1 rings (SSSR count). The predicted molar refractivity (Wildman–Crippen MR) is 81.4 cm³/mol. The van der Waals surface area contributed by atoms with Crippen molar-refractivity contribution >= 4 is 17.9 Å². The first-order valence-corrected chi connectivity index (χ1v) is 7.02. The minimum Gasteiger partial charge on any atom is -0.478 e. The number of aromatic carboxylic acids is 2. The number of carbonyl (C=O) groups excluding carboxylic acids is 1. The summed E-state index contributed by atoms with van der Waals surface area (Å²) >= 11 is 0. The lowest BCUT2D eigenvalue weighted by atomic mass is 10.0. The van der Waals surface area contributed by atoms with Gasteiger partial charge < -0.3 is 14.9 Å². The van der Waals surface area contributed by atoms with Gasteiger partial charge in [0.2, 0.25) is 0 Å². The number of esters is 1. The molecule has 0 aliphatic rings. The van der Waals surface area contributed by atoms with E-state index in [9.17, 15) is 14.4 Å². The molecule has 0 aliphatic heterocycles. The van der Waals surface area contributed by atoms with Gasteiger partial charge in [-0.05, 0) is 24.1 Å². The third kappa shape index (κ3) is 6.39. The Morgan fingerprint density at radius 1 is 1.05 bits per heavy atom. The largest absolute Gasteiger partial charge is 0.478 e. The van der Waals surface area contributed by atoms with Gasteiger partial charge in [0.1, 0.15) is 0 Å². The van der Waals surface area contributed by atoms with Crippen molar-refractivity contribution in [3.63, 3.8) is 0 Å². The fraction of sp³-hybridized carbons (Fsp3) is 0.438. The molecular formula is C16H22O6. The highest BCUT2D eigenvalue weighted by atomic mass is 16.5. The number of hydrogen-bond acceptors (Lipinski definition) is 4. The summed E-state index contributed by atoms with van der Waals surface area (Å²) in [7, 11) is 0. The molecule has 0 spiro atoms. The van der Waals surface area contributed by atoms with Crippen LogP contribution in [0.15, 0.2) is 18.2 Å². The van der Waals surface area contributed by atoms with Crippen molar-refractivity contribution in [3.05, 3.63) is 34.9 Å². The molecule has 0 saturated heterocycles. The maximum Gasteiger partial charge on any atom is 0.339 e. The van der Waals surface area contributed by atoms with Crippen molar-refractivity contribution in [1.29, 1.82) is 0 Å². The van der Waals surface area contributed by atoms with Crippen LogP contribution in [0.3, 0.4) is 0 Å². The molecule has 0 saturated carbocycles. The molecule has 0 aromatic heterocycles. The Morgan fingerprint density at radius 3 is 2.00 bits per heavy atom. The second-order valence-electron chi connectivity index (χ2n) is 5.07. The second-order valence-corrected chi connectivity index (χ2v) is 5.07. The van der Waals surface area contributed by atoms with Crippen LogP contribution in [0.2, 0.25) is 0 Å². The van der Waals surface area contributed by atoms with Gasteiger partial charge in [0.15, 0.2) is 0 Å². The summed E-state index contributed by atoms with van der Waals surface area (Å²) in [5, 5.41) is 17.8. The summed E-state index contributed by atoms with van der Waals surface area (Å²) in [6, 6.07) is 3.26. The normalized spacial score (nSPS) is 9.68. The molecule has 0 unspecified atom stereocenters. The zero-order chi connectivity index (χ0) is 17.3. The summed E-state index contributed by atoms with van der Waals surface area (Å²) < 4.78 is 4.93. The molecular weight excluding hydrogens is 288 g/mol. The quantitative estimate of drug-likeness (QED) is 0.809. The van der Waals surface area contributed by atoms with Gasteiger partial charge in [-0.3, -0.25) is 0 Å². The van der Waals surface area contributed by atoms with Crippen molar-refractivity contribution in [3.8, 4) is 0 Å². The maximum atomic E-state index is 11.7. The fourth-order valence-electron chi connectivity index (χ4n) is 1.35. The molecule has 6 nitrogen and oxygen atoms in total. The molecule has 1 aromatic rings. The van der Waals surface area contributed by atoms with Crippen molar-refractivity contribution < 1.29 is 29.3 Å². The standard InChI is InChI=1S/C13H14O6.C3H8/c1-7(2)6-19-13(18)9-4-3-8(11(14)15)5-10(9)12(16)17;1-3-2/h3-5,7H,6H2,1-2H3,(H,14,15)(H,16,17);3H2,1-2H3. The smallest absolute Gasteiger partial charge is 0.339 e. The number of carbonyl (C=O) groups is 3. The molecule has 0 heterocycles. The van der Waals surface area contributed by atoms with Crippen LogP contribution < -0.4 is 0 Å². The fourth-order valence-corrected chi connectivity index (χ4v) is 1.35. The van der Waals surface area contributed by atoms with Gasteiger partial charge in [0, 0.05) is 0 Å². The molecule has 2 N–H and O–H groups in total. The van der Waals surface area contributed by atoms with Crippen LogP contribution >= 0.6 is 0 Å². The zero-order valence-corrected chi connectivity index (χ0v) is 13.3. The third-order valence-corrected chi connectivity index (χ3v) is 2.26. The topological polar surface area (TPSA) is 101 Å². The van der Waals surface area contributed by atoms with Crippen LogP contribution in [0.4, 0.5) is 0 Å². The SMILES string of the molecule is CC(C)COC(=O)c1ccc(C(=O)O)cc1C(=O)O.CCC. The van der Waals surface area contributed by atoms with Gasteiger partial charge in [0.25, 0.3) is 0 Å². The number of hydrogen-bond donors (Lipinski definition) is 2. The Labute approximate surface area is 129 Å². The molecule has 0 bridgehead atoms. The Kier molecular flexibility index (Phi) is 8.52. The predicted octanol–water partition coefficient (Wildman–Crippen LogP) is 3.31. The number of rotatable bonds is 5. The number of carboxylic acid groups (broad SMARTS) is 2. The van der Waals surface area contributed by atoms with Crippen LogP contribution in [0.1, 0.15) is 65.2 Å². The molecule has 0 amide bonds. The minimum absolute atomic E-state index is 0.121. The molecule has 22 heavy (non-hydrogen) atoms. The number of carboxylic acids is 2. The average molecular weight is 310 g/mol. The molecule has 6 heteroatoms. The van der Waals surface area contributed by atoms with Crippen LogP contribution in [-0.2, 0) is 4.74 Å². The van der Waals surface area contributed by atoms with Crippen LogP contribution in [-0.4, -0.2) is 34.7 Å². The van der Waals surface area contributed by atoms with Gasteiger partial charge >= 0.3 is 17.9 Å². The molecule has 0 aliphatic carbocycles. The average Bonchev–Trinajstić information content (AvgIpc) is 2.44. The van der Waals surface area contributed by atoms with E-state index in [2.05, 4.69) is 13.8 Å². The molecule has 122 valence electrons. The summed E-state index contributed by atoms with van der Waals surface area (Å²) in [6.45, 7) is 8.11. The summed E-state index contributed by atoms with van der Waals surface area (Å²) in [5.41, 5.74) is -0.732. The van der Waals surface area contributed by atoms with Gasteiger partial charge in [-0.2, -0.15) is 0 Å². The van der Waals surface area contributed by atoms with Gasteiger partial charge in [0.05, 0.1) is 23.3 Å². The number of ether oxygens (including phenoxy) is 1. The maximum absolute atomic E-state index is 11.7. The molecule has 0 atom stereocenters. The Bertz CT molecular complexity index is 533. The Balaban J connectivity index is 0.00000135. The highest BCUT2D eigenvalue weighted by Gasteiger charge is 2.20. The lowest BCUT2D eigenvalue weighted by molar-refractivity contribution is 0.0449. The van der Waals surface area contributed by atoms with E-state index in [-0.39, 0.29) is 29.2 Å². The van der Waals surface area contributed by atoms with E-state index in [1.807, 2.05) is 13.8 Å². The first-order chi connectivity index (χ1) is 10.2. The Hall–Kier alpha value is -2.37. The monoisotopic (exact) mass is 310 g/mol. The van der Waals surface area contributed by atoms with Crippen LogP contribution in [0.5, 0.6) is 0 Å². The Morgan fingerprint density at radius 2 is 1.59 bits per heavy atom. The number of benzene rings is 1.